The maximum Gasteiger partial charge on any atom is 0.284 e. The van der Waals surface area contributed by atoms with Gasteiger partial charge in [-0.3, -0.25) is 9.59 Å². The van der Waals surface area contributed by atoms with Crippen molar-refractivity contribution in [3.8, 4) is 0 Å². The molecule has 5 rings (SSSR count). The number of hydrogen-bond acceptors (Lipinski definition) is 6. The van der Waals surface area contributed by atoms with E-state index in [2.05, 4.69) is 25.9 Å². The third-order valence-corrected chi connectivity index (χ3v) is 7.05. The van der Waals surface area contributed by atoms with E-state index < -0.39 is 5.54 Å². The number of nitrogens with one attached hydrogen (secondary N) is 3. The third-order valence-electron chi connectivity index (χ3n) is 7.05. The second kappa shape index (κ2) is 8.03. The van der Waals surface area contributed by atoms with Crippen molar-refractivity contribution in [1.29, 1.82) is 0 Å². The number of carbonyl (C=O) groups is 2. The number of amides is 2. The number of nitrogens with zero attached hydrogens (tertiary/aromatic N) is 3. The molecule has 0 atom stereocenters. The van der Waals surface area contributed by atoms with Crippen LogP contribution in [0, 0.1) is 18.0 Å². The minimum Gasteiger partial charge on any atom is -0.710 e. The van der Waals surface area contributed by atoms with Crippen LogP contribution in [0.3, 0.4) is 0 Å². The summed E-state index contributed by atoms with van der Waals surface area (Å²) in [6.45, 7) is 1.85. The van der Waals surface area contributed by atoms with Gasteiger partial charge >= 0.3 is 0 Å². The van der Waals surface area contributed by atoms with E-state index in [1.54, 1.807) is 12.1 Å². The normalized spacial score (nSPS) is 19.6. The maximum atomic E-state index is 13.4. The molecule has 0 saturated heterocycles. The Labute approximate surface area is 186 Å². The molecule has 32 heavy (non-hydrogen) atoms. The van der Waals surface area contributed by atoms with E-state index in [4.69, 9.17) is 0 Å². The number of anilines is 3. The number of fused-ring (bicyclic) bond motifs is 2. The topological polar surface area (TPSA) is 123 Å². The van der Waals surface area contributed by atoms with Crippen LogP contribution in [-0.2, 0) is 10.3 Å². The molecule has 2 aromatic heterocycles. The lowest BCUT2D eigenvalue weighted by Gasteiger charge is -2.34. The van der Waals surface area contributed by atoms with Crippen LogP contribution < -0.4 is 20.7 Å². The molecule has 3 aliphatic rings. The second-order valence-corrected chi connectivity index (χ2v) is 9.21. The van der Waals surface area contributed by atoms with Crippen molar-refractivity contribution >= 4 is 29.3 Å². The number of aromatic nitrogens is 3. The van der Waals surface area contributed by atoms with Crippen LogP contribution in [-0.4, -0.2) is 21.8 Å². The molecule has 2 fully saturated rings. The fraction of sp³-hybridized carbons (Fsp3) is 0.522. The standard InChI is InChI=1S/C23H28N6O3/c1-14-11-18(29(32)20-19(14)22(31)28-23(20)9-5-2-6-10-23)26-16-12-17(25-13-24-16)27-21(30)15-7-3-4-8-15/h11-13,15H,2-10H2,1H3,(H,28,31)(H2,24,25,26,27,30). The van der Waals surface area contributed by atoms with Gasteiger partial charge in [0.2, 0.25) is 11.7 Å². The summed E-state index contributed by atoms with van der Waals surface area (Å²) < 4.78 is 0.838. The van der Waals surface area contributed by atoms with E-state index in [0.717, 1.165) is 68.1 Å². The molecule has 2 saturated carbocycles. The number of pyridine rings is 1. The average molecular weight is 437 g/mol. The van der Waals surface area contributed by atoms with Crippen LogP contribution in [0.1, 0.15) is 79.4 Å². The lowest BCUT2D eigenvalue weighted by molar-refractivity contribution is -0.603. The fourth-order valence-corrected chi connectivity index (χ4v) is 5.45. The predicted octanol–water partition coefficient (Wildman–Crippen LogP) is 3.19. The second-order valence-electron chi connectivity index (χ2n) is 9.21. The minimum atomic E-state index is -0.596. The summed E-state index contributed by atoms with van der Waals surface area (Å²) in [5, 5.41) is 22.5. The Kier molecular flexibility index (Phi) is 5.19. The van der Waals surface area contributed by atoms with Crippen molar-refractivity contribution in [2.24, 2.45) is 5.92 Å². The number of aryl methyl sites for hydroxylation is 1. The van der Waals surface area contributed by atoms with Gasteiger partial charge in [0, 0.05) is 18.1 Å². The van der Waals surface area contributed by atoms with E-state index >= 15 is 0 Å². The van der Waals surface area contributed by atoms with Crippen molar-refractivity contribution < 1.29 is 14.3 Å². The van der Waals surface area contributed by atoms with Crippen LogP contribution >= 0.6 is 0 Å². The molecule has 2 aromatic rings. The van der Waals surface area contributed by atoms with Gasteiger partial charge < -0.3 is 15.8 Å². The van der Waals surface area contributed by atoms with Crippen molar-refractivity contribution in [1.82, 2.24) is 15.3 Å². The third kappa shape index (κ3) is 3.55. The molecular weight excluding hydrogens is 408 g/mol. The van der Waals surface area contributed by atoms with Gasteiger partial charge in [-0.25, -0.2) is 15.0 Å². The van der Waals surface area contributed by atoms with Crippen molar-refractivity contribution in [3.05, 3.63) is 40.5 Å². The molecule has 0 aromatic carbocycles. The molecule has 2 aliphatic carbocycles. The maximum absolute atomic E-state index is 13.4. The Morgan fingerprint density at radius 1 is 1.12 bits per heavy atom. The first kappa shape index (κ1) is 20.7. The first-order chi connectivity index (χ1) is 15.5. The molecular formula is C23H28N6O3. The molecule has 3 heterocycles. The van der Waals surface area contributed by atoms with E-state index in [-0.39, 0.29) is 17.7 Å². The highest BCUT2D eigenvalue weighted by Gasteiger charge is 2.48. The highest BCUT2D eigenvalue weighted by atomic mass is 16.5. The Morgan fingerprint density at radius 2 is 1.84 bits per heavy atom. The van der Waals surface area contributed by atoms with Gasteiger partial charge in [0.25, 0.3) is 11.7 Å². The molecule has 0 bridgehead atoms. The molecule has 9 nitrogen and oxygen atoms in total. The Bertz CT molecular complexity index is 1070. The van der Waals surface area contributed by atoms with Gasteiger partial charge in [0.1, 0.15) is 23.4 Å². The zero-order valence-corrected chi connectivity index (χ0v) is 18.2. The molecule has 9 heteroatoms. The molecule has 168 valence electrons. The molecule has 1 aliphatic heterocycles. The smallest absolute Gasteiger partial charge is 0.284 e. The van der Waals surface area contributed by atoms with Crippen LogP contribution in [0.2, 0.25) is 0 Å². The van der Waals surface area contributed by atoms with Crippen LogP contribution in [0.5, 0.6) is 0 Å². The summed E-state index contributed by atoms with van der Waals surface area (Å²) in [5.41, 5.74) is 1.15. The summed E-state index contributed by atoms with van der Waals surface area (Å²) in [4.78, 5) is 33.5. The molecule has 0 unspecified atom stereocenters. The number of carbonyl (C=O) groups excluding carboxylic acids is 2. The van der Waals surface area contributed by atoms with Gasteiger partial charge in [-0.05, 0) is 38.2 Å². The quantitative estimate of drug-likeness (QED) is 0.500. The average Bonchev–Trinajstić information content (AvgIpc) is 3.40. The molecule has 3 N–H and O–H groups in total. The summed E-state index contributed by atoms with van der Waals surface area (Å²) in [7, 11) is 0. The Morgan fingerprint density at radius 3 is 2.59 bits per heavy atom. The zero-order valence-electron chi connectivity index (χ0n) is 18.2. The molecule has 0 radical (unpaired) electrons. The first-order valence-corrected chi connectivity index (χ1v) is 11.5. The lowest BCUT2D eigenvalue weighted by atomic mass is 9.79. The highest BCUT2D eigenvalue weighted by Crippen LogP contribution is 2.42. The molecule has 2 amide bonds. The largest absolute Gasteiger partial charge is 0.710 e. The van der Waals surface area contributed by atoms with Gasteiger partial charge in [0.05, 0.1) is 5.56 Å². The summed E-state index contributed by atoms with van der Waals surface area (Å²) >= 11 is 0. The lowest BCUT2D eigenvalue weighted by Crippen LogP contribution is -2.49. The van der Waals surface area contributed by atoms with Crippen LogP contribution in [0.15, 0.2) is 18.5 Å². The summed E-state index contributed by atoms with van der Waals surface area (Å²) in [6, 6.07) is 3.29. The summed E-state index contributed by atoms with van der Waals surface area (Å²) in [6.07, 6.45) is 9.92. The van der Waals surface area contributed by atoms with Crippen molar-refractivity contribution in [2.45, 2.75) is 70.3 Å². The fourth-order valence-electron chi connectivity index (χ4n) is 5.45. The van der Waals surface area contributed by atoms with Gasteiger partial charge in [0.15, 0.2) is 0 Å². The van der Waals surface area contributed by atoms with Crippen LogP contribution in [0.25, 0.3) is 0 Å². The highest BCUT2D eigenvalue weighted by molar-refractivity contribution is 6.00. The minimum absolute atomic E-state index is 0.0248. The zero-order chi connectivity index (χ0) is 22.3. The van der Waals surface area contributed by atoms with E-state index in [1.165, 1.54) is 6.33 Å². The van der Waals surface area contributed by atoms with Crippen LogP contribution in [0.4, 0.5) is 17.5 Å². The monoisotopic (exact) mass is 436 g/mol. The van der Waals surface area contributed by atoms with E-state index in [1.807, 2.05) is 6.92 Å². The number of hydrogen-bond donors (Lipinski definition) is 3. The summed E-state index contributed by atoms with van der Waals surface area (Å²) in [5.74, 6) is 0.935. The Hall–Kier alpha value is -3.23. The van der Waals surface area contributed by atoms with Gasteiger partial charge in [-0.15, -0.1) is 0 Å². The van der Waals surface area contributed by atoms with Gasteiger partial charge in [-0.1, -0.05) is 32.1 Å². The number of rotatable bonds is 4. The van der Waals surface area contributed by atoms with E-state index in [0.29, 0.717) is 28.7 Å². The SMILES string of the molecule is Cc1cc(Nc2cc(NC(=O)C3CCCC3)ncn2)[n+]([O-])c2c1C(=O)NC21CCCCC1. The Balaban J connectivity index is 1.43. The van der Waals surface area contributed by atoms with E-state index in [9.17, 15) is 14.8 Å². The predicted molar refractivity (Wildman–Crippen MR) is 118 cm³/mol. The molecule has 1 spiro atoms. The van der Waals surface area contributed by atoms with Crippen molar-refractivity contribution in [2.75, 3.05) is 10.6 Å². The first-order valence-electron chi connectivity index (χ1n) is 11.5. The van der Waals surface area contributed by atoms with Crippen molar-refractivity contribution in [3.63, 3.8) is 0 Å². The van der Waals surface area contributed by atoms with Gasteiger partial charge in [-0.2, -0.15) is 4.98 Å².